The van der Waals surface area contributed by atoms with Crippen molar-refractivity contribution >= 4 is 5.91 Å². The van der Waals surface area contributed by atoms with Gasteiger partial charge in [0.05, 0.1) is 0 Å². The van der Waals surface area contributed by atoms with E-state index in [1.807, 2.05) is 30.3 Å². The van der Waals surface area contributed by atoms with E-state index in [0.29, 0.717) is 6.54 Å². The van der Waals surface area contributed by atoms with E-state index in [2.05, 4.69) is 11.2 Å². The molecule has 0 heterocycles. The number of rotatable bonds is 6. The van der Waals surface area contributed by atoms with Gasteiger partial charge in [-0.1, -0.05) is 30.3 Å². The van der Waals surface area contributed by atoms with Gasteiger partial charge in [-0.05, 0) is 18.4 Å². The van der Waals surface area contributed by atoms with Crippen molar-refractivity contribution in [3.05, 3.63) is 35.9 Å². The van der Waals surface area contributed by atoms with Crippen molar-refractivity contribution in [2.24, 2.45) is 5.73 Å². The molecular formula is C14H18N2O. The fourth-order valence-electron chi connectivity index (χ4n) is 1.49. The first-order valence-electron chi connectivity index (χ1n) is 5.77. The van der Waals surface area contributed by atoms with E-state index < -0.39 is 6.04 Å². The third-order valence-corrected chi connectivity index (χ3v) is 2.49. The number of hydrogen-bond acceptors (Lipinski definition) is 2. The lowest BCUT2D eigenvalue weighted by atomic mass is 10.1. The fourth-order valence-corrected chi connectivity index (χ4v) is 1.49. The number of nitrogens with one attached hydrogen (secondary N) is 1. The summed E-state index contributed by atoms with van der Waals surface area (Å²) in [4.78, 5) is 11.7. The van der Waals surface area contributed by atoms with E-state index in [1.54, 1.807) is 0 Å². The number of hydrogen-bond donors (Lipinski definition) is 2. The molecule has 1 unspecified atom stereocenters. The summed E-state index contributed by atoms with van der Waals surface area (Å²) in [5.41, 5.74) is 6.66. The van der Waals surface area contributed by atoms with E-state index in [9.17, 15) is 4.79 Å². The maximum Gasteiger partial charge on any atom is 0.241 e. The molecule has 0 aliphatic rings. The maximum absolute atomic E-state index is 11.7. The predicted octanol–water partition coefficient (Wildman–Crippen LogP) is 1.61. The van der Waals surface area contributed by atoms with Gasteiger partial charge in [-0.25, -0.2) is 0 Å². The summed E-state index contributed by atoms with van der Waals surface area (Å²) in [6, 6.07) is 8.74. The highest BCUT2D eigenvalue weighted by atomic mass is 16.2. The van der Waals surface area contributed by atoms with Crippen molar-refractivity contribution in [2.45, 2.75) is 25.3 Å². The monoisotopic (exact) mass is 230 g/mol. The maximum atomic E-state index is 11.7. The molecule has 0 saturated carbocycles. The van der Waals surface area contributed by atoms with Crippen molar-refractivity contribution < 1.29 is 4.79 Å². The number of carbonyl (C=O) groups excluding carboxylic acids is 1. The van der Waals surface area contributed by atoms with Crippen LogP contribution in [0.1, 0.15) is 30.9 Å². The van der Waals surface area contributed by atoms with Crippen LogP contribution in [0, 0.1) is 12.3 Å². The van der Waals surface area contributed by atoms with Crippen LogP contribution < -0.4 is 11.1 Å². The smallest absolute Gasteiger partial charge is 0.241 e. The minimum Gasteiger partial charge on any atom is -0.354 e. The van der Waals surface area contributed by atoms with Gasteiger partial charge in [-0.15, -0.1) is 12.3 Å². The van der Waals surface area contributed by atoms with Crippen LogP contribution in [0.4, 0.5) is 0 Å². The molecule has 0 saturated heterocycles. The molecule has 17 heavy (non-hydrogen) atoms. The van der Waals surface area contributed by atoms with Crippen molar-refractivity contribution in [3.8, 4) is 12.3 Å². The minimum atomic E-state index is -0.594. The van der Waals surface area contributed by atoms with E-state index in [1.165, 1.54) is 0 Å². The van der Waals surface area contributed by atoms with Gasteiger partial charge >= 0.3 is 0 Å². The number of carbonyl (C=O) groups is 1. The zero-order valence-electron chi connectivity index (χ0n) is 9.86. The first-order valence-corrected chi connectivity index (χ1v) is 5.77. The third-order valence-electron chi connectivity index (χ3n) is 2.49. The topological polar surface area (TPSA) is 55.1 Å². The van der Waals surface area contributed by atoms with Crippen LogP contribution in [0.2, 0.25) is 0 Å². The van der Waals surface area contributed by atoms with Crippen LogP contribution in [0.15, 0.2) is 30.3 Å². The summed E-state index contributed by atoms with van der Waals surface area (Å²) in [5.74, 6) is 2.43. The van der Waals surface area contributed by atoms with Gasteiger partial charge in [0.2, 0.25) is 5.91 Å². The summed E-state index contributed by atoms with van der Waals surface area (Å²) in [5, 5.41) is 2.81. The molecule has 0 radical (unpaired) electrons. The summed E-state index contributed by atoms with van der Waals surface area (Å²) in [6.07, 6.45) is 7.70. The second-order valence-electron chi connectivity index (χ2n) is 3.84. The van der Waals surface area contributed by atoms with Crippen LogP contribution in [-0.2, 0) is 4.79 Å². The first kappa shape index (κ1) is 13.3. The number of amides is 1. The van der Waals surface area contributed by atoms with Gasteiger partial charge in [-0.2, -0.15) is 0 Å². The highest BCUT2D eigenvalue weighted by molar-refractivity contribution is 5.82. The van der Waals surface area contributed by atoms with E-state index in [0.717, 1.165) is 24.8 Å². The molecule has 0 aromatic heterocycles. The molecule has 0 aliphatic carbocycles. The fraction of sp³-hybridized carbons (Fsp3) is 0.357. The Kier molecular flexibility index (Phi) is 5.84. The molecule has 0 fully saturated rings. The Hall–Kier alpha value is -1.79. The molecule has 1 atom stereocenters. The summed E-state index contributed by atoms with van der Waals surface area (Å²) in [7, 11) is 0. The van der Waals surface area contributed by atoms with Crippen LogP contribution >= 0.6 is 0 Å². The summed E-state index contributed by atoms with van der Waals surface area (Å²) < 4.78 is 0. The average Bonchev–Trinajstić information content (AvgIpc) is 2.38. The molecule has 0 bridgehead atoms. The SMILES string of the molecule is C#CCCCCNC(=O)C(N)c1ccccc1. The standard InChI is InChI=1S/C14H18N2O/c1-2-3-4-8-11-16-14(17)13(15)12-9-6-5-7-10-12/h1,5-7,9-10,13H,3-4,8,11,15H2,(H,16,17). The normalized spacial score (nSPS) is 11.5. The lowest BCUT2D eigenvalue weighted by Crippen LogP contribution is -2.34. The van der Waals surface area contributed by atoms with Gasteiger partial charge in [-0.3, -0.25) is 4.79 Å². The zero-order valence-corrected chi connectivity index (χ0v) is 9.86. The average molecular weight is 230 g/mol. The lowest BCUT2D eigenvalue weighted by molar-refractivity contribution is -0.122. The Morgan fingerprint density at radius 1 is 1.35 bits per heavy atom. The van der Waals surface area contributed by atoms with Crippen LogP contribution in [0.25, 0.3) is 0 Å². The predicted molar refractivity (Wildman–Crippen MR) is 69.1 cm³/mol. The highest BCUT2D eigenvalue weighted by Crippen LogP contribution is 2.09. The Morgan fingerprint density at radius 3 is 2.71 bits per heavy atom. The van der Waals surface area contributed by atoms with Crippen molar-refractivity contribution in [1.82, 2.24) is 5.32 Å². The molecule has 90 valence electrons. The van der Waals surface area contributed by atoms with Gasteiger partial charge in [0, 0.05) is 13.0 Å². The summed E-state index contributed by atoms with van der Waals surface area (Å²) >= 11 is 0. The van der Waals surface area contributed by atoms with Crippen molar-refractivity contribution in [3.63, 3.8) is 0 Å². The Morgan fingerprint density at radius 2 is 2.06 bits per heavy atom. The van der Waals surface area contributed by atoms with E-state index >= 15 is 0 Å². The largest absolute Gasteiger partial charge is 0.354 e. The lowest BCUT2D eigenvalue weighted by Gasteiger charge is -2.12. The molecule has 1 rings (SSSR count). The van der Waals surface area contributed by atoms with E-state index in [-0.39, 0.29) is 5.91 Å². The highest BCUT2D eigenvalue weighted by Gasteiger charge is 2.14. The molecule has 0 aliphatic heterocycles. The van der Waals surface area contributed by atoms with Crippen LogP contribution in [-0.4, -0.2) is 12.5 Å². The molecule has 1 aromatic carbocycles. The molecule has 1 aromatic rings. The zero-order chi connectivity index (χ0) is 12.5. The number of benzene rings is 1. The molecule has 3 heteroatoms. The Labute approximate surface area is 102 Å². The third kappa shape index (κ3) is 4.71. The molecule has 0 spiro atoms. The van der Waals surface area contributed by atoms with Crippen LogP contribution in [0.3, 0.4) is 0 Å². The Balaban J connectivity index is 2.31. The number of unbranched alkanes of at least 4 members (excludes halogenated alkanes) is 2. The van der Waals surface area contributed by atoms with E-state index in [4.69, 9.17) is 12.2 Å². The Bertz CT molecular complexity index is 381. The quantitative estimate of drug-likeness (QED) is 0.576. The minimum absolute atomic E-state index is 0.142. The molecule has 3 N–H and O–H groups in total. The molecule has 1 amide bonds. The van der Waals surface area contributed by atoms with Crippen LogP contribution in [0.5, 0.6) is 0 Å². The van der Waals surface area contributed by atoms with Crippen molar-refractivity contribution in [2.75, 3.05) is 6.54 Å². The first-order chi connectivity index (χ1) is 8.25. The molecular weight excluding hydrogens is 212 g/mol. The van der Waals surface area contributed by atoms with Gasteiger partial charge in [0.1, 0.15) is 6.04 Å². The van der Waals surface area contributed by atoms with Gasteiger partial charge in [0.15, 0.2) is 0 Å². The number of terminal acetylenes is 1. The molecule has 3 nitrogen and oxygen atoms in total. The number of nitrogens with two attached hydrogens (primary N) is 1. The summed E-state index contributed by atoms with van der Waals surface area (Å²) in [6.45, 7) is 0.626. The van der Waals surface area contributed by atoms with Gasteiger partial charge in [0.25, 0.3) is 0 Å². The van der Waals surface area contributed by atoms with Gasteiger partial charge < -0.3 is 11.1 Å². The second kappa shape index (κ2) is 7.48. The second-order valence-corrected chi connectivity index (χ2v) is 3.84. The van der Waals surface area contributed by atoms with Crippen molar-refractivity contribution in [1.29, 1.82) is 0 Å².